The van der Waals surface area contributed by atoms with E-state index >= 15 is 0 Å². The van der Waals surface area contributed by atoms with E-state index < -0.39 is 17.6 Å². The summed E-state index contributed by atoms with van der Waals surface area (Å²) in [6, 6.07) is 17.8. The van der Waals surface area contributed by atoms with Gasteiger partial charge < -0.3 is 15.6 Å². The summed E-state index contributed by atoms with van der Waals surface area (Å²) in [7, 11) is 0. The fourth-order valence-corrected chi connectivity index (χ4v) is 2.71. The lowest BCUT2D eigenvalue weighted by molar-refractivity contribution is -0.386. The molecule has 0 bridgehead atoms. The summed E-state index contributed by atoms with van der Waals surface area (Å²) in [5.74, 6) is -2.63. The van der Waals surface area contributed by atoms with Crippen molar-refractivity contribution in [2.45, 2.75) is 13.0 Å². The number of benzene rings is 3. The molecule has 0 heterocycles. The fourth-order valence-electron chi connectivity index (χ4n) is 2.41. The molecular weight excluding hydrogens is 372 g/mol. The van der Waals surface area contributed by atoms with Crippen LogP contribution >= 0.6 is 11.6 Å². The summed E-state index contributed by atoms with van der Waals surface area (Å²) in [4.78, 5) is 10.5. The summed E-state index contributed by atoms with van der Waals surface area (Å²) in [5.41, 5.74) is 6.04. The minimum absolute atomic E-state index is 0.159. The van der Waals surface area contributed by atoms with Crippen LogP contribution < -0.4 is 10.8 Å². The Morgan fingerprint density at radius 1 is 0.926 bits per heavy atom. The second-order valence-electron chi connectivity index (χ2n) is 5.72. The SMILES string of the molecule is O=C([O-])Cc1ccc(-c2ccc(F)cc2F)c(Cl)c1.[NH3+]Cc1ccccc1. The van der Waals surface area contributed by atoms with Gasteiger partial charge in [-0.25, -0.2) is 8.78 Å². The smallest absolute Gasteiger partial charge is 0.133 e. The molecule has 0 radical (unpaired) electrons. The van der Waals surface area contributed by atoms with Crippen LogP contribution in [-0.2, 0) is 17.8 Å². The minimum Gasteiger partial charge on any atom is -0.550 e. The van der Waals surface area contributed by atoms with Gasteiger partial charge >= 0.3 is 0 Å². The highest BCUT2D eigenvalue weighted by Crippen LogP contribution is 2.31. The lowest BCUT2D eigenvalue weighted by Gasteiger charge is -2.09. The van der Waals surface area contributed by atoms with Crippen LogP contribution in [0.15, 0.2) is 66.7 Å². The molecule has 0 atom stereocenters. The van der Waals surface area contributed by atoms with Crippen LogP contribution in [0.5, 0.6) is 0 Å². The highest BCUT2D eigenvalue weighted by Gasteiger charge is 2.10. The molecule has 0 aliphatic heterocycles. The summed E-state index contributed by atoms with van der Waals surface area (Å²) in [6.45, 7) is 0.890. The zero-order chi connectivity index (χ0) is 19.8. The van der Waals surface area contributed by atoms with Crippen molar-refractivity contribution in [2.75, 3.05) is 0 Å². The first-order valence-corrected chi connectivity index (χ1v) is 8.55. The van der Waals surface area contributed by atoms with Crippen molar-refractivity contribution < 1.29 is 24.4 Å². The summed E-state index contributed by atoms with van der Waals surface area (Å²) >= 11 is 5.99. The molecule has 3 N–H and O–H groups in total. The molecule has 0 aliphatic carbocycles. The Balaban J connectivity index is 0.000000273. The fraction of sp³-hybridized carbons (Fsp3) is 0.0952. The molecule has 3 nitrogen and oxygen atoms in total. The van der Waals surface area contributed by atoms with E-state index in [4.69, 9.17) is 11.6 Å². The monoisotopic (exact) mass is 389 g/mol. The Hall–Kier alpha value is -2.76. The Morgan fingerprint density at radius 3 is 2.11 bits per heavy atom. The normalized spacial score (nSPS) is 10.1. The van der Waals surface area contributed by atoms with Gasteiger partial charge in [-0.1, -0.05) is 54.1 Å². The average Bonchev–Trinajstić information content (AvgIpc) is 2.63. The second-order valence-corrected chi connectivity index (χ2v) is 6.13. The van der Waals surface area contributed by atoms with Crippen molar-refractivity contribution in [3.05, 3.63) is 94.5 Å². The molecular formula is C21H18ClF2NO2. The van der Waals surface area contributed by atoms with Gasteiger partial charge in [0.2, 0.25) is 0 Å². The van der Waals surface area contributed by atoms with Crippen LogP contribution in [-0.4, -0.2) is 5.97 Å². The number of carbonyl (C=O) groups is 1. The van der Waals surface area contributed by atoms with Gasteiger partial charge in [-0.3, -0.25) is 0 Å². The quantitative estimate of drug-likeness (QED) is 0.745. The molecule has 0 spiro atoms. The van der Waals surface area contributed by atoms with Crippen molar-refractivity contribution in [3.8, 4) is 11.1 Å². The van der Waals surface area contributed by atoms with Gasteiger partial charge in [-0.05, 0) is 23.8 Å². The number of rotatable bonds is 4. The van der Waals surface area contributed by atoms with Crippen molar-refractivity contribution >= 4 is 17.6 Å². The van der Waals surface area contributed by atoms with Crippen molar-refractivity contribution in [1.29, 1.82) is 0 Å². The van der Waals surface area contributed by atoms with Crippen LogP contribution in [0.3, 0.4) is 0 Å². The van der Waals surface area contributed by atoms with Crippen LogP contribution in [0.2, 0.25) is 5.02 Å². The molecule has 0 fully saturated rings. The predicted octanol–water partition coefficient (Wildman–Crippen LogP) is 3.01. The topological polar surface area (TPSA) is 67.8 Å². The van der Waals surface area contributed by atoms with Crippen molar-refractivity contribution in [2.24, 2.45) is 0 Å². The molecule has 0 aliphatic rings. The number of hydrogen-bond donors (Lipinski definition) is 1. The molecule has 0 aromatic heterocycles. The highest BCUT2D eigenvalue weighted by atomic mass is 35.5. The largest absolute Gasteiger partial charge is 0.550 e. The number of carboxylic acids is 1. The molecule has 0 unspecified atom stereocenters. The zero-order valence-corrected chi connectivity index (χ0v) is 15.2. The maximum absolute atomic E-state index is 13.6. The molecule has 0 saturated heterocycles. The van der Waals surface area contributed by atoms with E-state index in [2.05, 4.69) is 17.9 Å². The van der Waals surface area contributed by atoms with Gasteiger partial charge in [-0.2, -0.15) is 0 Å². The van der Waals surface area contributed by atoms with E-state index in [-0.39, 0.29) is 17.0 Å². The second kappa shape index (κ2) is 9.80. The lowest BCUT2D eigenvalue weighted by atomic mass is 10.0. The standard InChI is InChI=1S/C14H9ClF2O2.C7H9N/c15-12-5-8(6-14(18)19)1-3-10(12)11-4-2-9(16)7-13(11)17;8-6-7-4-2-1-3-5-7/h1-5,7H,6H2,(H,18,19);1-5H,6,8H2. The van der Waals surface area contributed by atoms with Gasteiger partial charge in [0.15, 0.2) is 0 Å². The molecule has 0 saturated carbocycles. The number of quaternary nitrogens is 1. The van der Waals surface area contributed by atoms with Crippen molar-refractivity contribution in [3.63, 3.8) is 0 Å². The van der Waals surface area contributed by atoms with Crippen LogP contribution in [0.4, 0.5) is 8.78 Å². The Morgan fingerprint density at radius 2 is 1.59 bits per heavy atom. The average molecular weight is 390 g/mol. The van der Waals surface area contributed by atoms with Gasteiger partial charge in [0.25, 0.3) is 0 Å². The summed E-state index contributed by atoms with van der Waals surface area (Å²) in [5, 5.41) is 10.7. The van der Waals surface area contributed by atoms with E-state index in [1.54, 1.807) is 0 Å². The third-order valence-electron chi connectivity index (χ3n) is 3.73. The summed E-state index contributed by atoms with van der Waals surface area (Å²) in [6.07, 6.45) is -0.272. The maximum atomic E-state index is 13.6. The minimum atomic E-state index is -1.23. The molecule has 0 amide bonds. The van der Waals surface area contributed by atoms with Crippen molar-refractivity contribution in [1.82, 2.24) is 0 Å². The van der Waals surface area contributed by atoms with E-state index in [1.807, 2.05) is 18.2 Å². The molecule has 3 aromatic carbocycles. The molecule has 6 heteroatoms. The first kappa shape index (κ1) is 20.6. The highest BCUT2D eigenvalue weighted by molar-refractivity contribution is 6.33. The molecule has 140 valence electrons. The zero-order valence-electron chi connectivity index (χ0n) is 14.4. The summed E-state index contributed by atoms with van der Waals surface area (Å²) < 4.78 is 26.5. The van der Waals surface area contributed by atoms with E-state index in [0.717, 1.165) is 18.7 Å². The van der Waals surface area contributed by atoms with Crippen LogP contribution in [0.25, 0.3) is 11.1 Å². The Kier molecular flexibility index (Phi) is 7.46. The van der Waals surface area contributed by atoms with Gasteiger partial charge in [0.1, 0.15) is 11.6 Å². The lowest BCUT2D eigenvalue weighted by Crippen LogP contribution is -2.47. The van der Waals surface area contributed by atoms with Gasteiger partial charge in [0.05, 0.1) is 6.54 Å². The molecule has 27 heavy (non-hydrogen) atoms. The number of carbonyl (C=O) groups excluding carboxylic acids is 1. The van der Waals surface area contributed by atoms with Crippen LogP contribution in [0, 0.1) is 11.6 Å². The molecule has 3 aromatic rings. The third-order valence-corrected chi connectivity index (χ3v) is 4.05. The van der Waals surface area contributed by atoms with Gasteiger partial charge in [0, 0.05) is 40.2 Å². The first-order chi connectivity index (χ1) is 12.9. The van der Waals surface area contributed by atoms with E-state index in [1.165, 1.54) is 29.8 Å². The van der Waals surface area contributed by atoms with Gasteiger partial charge in [-0.15, -0.1) is 0 Å². The number of halogens is 3. The number of carboxylic acid groups (broad SMARTS) is 1. The van der Waals surface area contributed by atoms with E-state index in [9.17, 15) is 18.7 Å². The Labute approximate surface area is 161 Å². The number of hydrogen-bond acceptors (Lipinski definition) is 2. The maximum Gasteiger partial charge on any atom is 0.133 e. The number of aliphatic carboxylic acids is 1. The van der Waals surface area contributed by atoms with Crippen LogP contribution in [0.1, 0.15) is 11.1 Å². The van der Waals surface area contributed by atoms with E-state index in [0.29, 0.717) is 11.1 Å². The predicted molar refractivity (Wildman–Crippen MR) is 98.5 cm³/mol. The molecule has 3 rings (SSSR count). The first-order valence-electron chi connectivity index (χ1n) is 8.17. The Bertz CT molecular complexity index is 917. The third kappa shape index (κ3) is 6.16.